The maximum Gasteiger partial charge on any atom is 0.214 e. The largest absolute Gasteiger partial charge is 0.313 e. The Morgan fingerprint density at radius 3 is 2.47 bits per heavy atom. The van der Waals surface area contributed by atoms with Crippen LogP contribution in [0.3, 0.4) is 0 Å². The smallest absolute Gasteiger partial charge is 0.214 e. The van der Waals surface area contributed by atoms with Crippen LogP contribution in [0.25, 0.3) is 17.0 Å². The summed E-state index contributed by atoms with van der Waals surface area (Å²) in [4.78, 5) is 4.58. The SMILES string of the molecule is Cn1c(-n2cccc2)nc2ccccc21. The Morgan fingerprint density at radius 2 is 1.73 bits per heavy atom. The number of nitrogens with zero attached hydrogens (tertiary/aromatic N) is 3. The Hall–Kier alpha value is -2.03. The molecular formula is C12H11N3. The van der Waals surface area contributed by atoms with Crippen molar-refractivity contribution in [1.29, 1.82) is 0 Å². The van der Waals surface area contributed by atoms with E-state index < -0.39 is 0 Å². The van der Waals surface area contributed by atoms with Gasteiger partial charge in [-0.1, -0.05) is 12.1 Å². The summed E-state index contributed by atoms with van der Waals surface area (Å²) in [6.45, 7) is 0. The molecule has 0 atom stereocenters. The number of para-hydroxylation sites is 2. The van der Waals surface area contributed by atoms with Gasteiger partial charge in [0.1, 0.15) is 0 Å². The van der Waals surface area contributed by atoms with Crippen molar-refractivity contribution in [2.75, 3.05) is 0 Å². The molecule has 1 aromatic carbocycles. The van der Waals surface area contributed by atoms with E-state index in [1.165, 1.54) is 0 Å². The molecule has 0 saturated carbocycles. The van der Waals surface area contributed by atoms with Crippen LogP contribution in [0.1, 0.15) is 0 Å². The minimum atomic E-state index is 0.946. The summed E-state index contributed by atoms with van der Waals surface area (Å²) in [6, 6.07) is 12.1. The van der Waals surface area contributed by atoms with Gasteiger partial charge in [-0.15, -0.1) is 0 Å². The summed E-state index contributed by atoms with van der Waals surface area (Å²) in [5.41, 5.74) is 2.19. The molecule has 0 aliphatic heterocycles. The van der Waals surface area contributed by atoms with Crippen LogP contribution in [-0.2, 0) is 7.05 Å². The molecule has 0 aliphatic carbocycles. The molecular weight excluding hydrogens is 186 g/mol. The molecule has 0 amide bonds. The van der Waals surface area contributed by atoms with Crippen LogP contribution in [0.15, 0.2) is 48.8 Å². The minimum absolute atomic E-state index is 0.946. The normalized spacial score (nSPS) is 11.0. The summed E-state index contributed by atoms with van der Waals surface area (Å²) < 4.78 is 4.11. The van der Waals surface area contributed by atoms with Crippen LogP contribution >= 0.6 is 0 Å². The van der Waals surface area contributed by atoms with E-state index in [2.05, 4.69) is 15.6 Å². The average molecular weight is 197 g/mol. The van der Waals surface area contributed by atoms with Gasteiger partial charge in [0, 0.05) is 19.4 Å². The molecule has 3 aromatic rings. The zero-order valence-corrected chi connectivity index (χ0v) is 8.46. The second-order valence-corrected chi connectivity index (χ2v) is 3.55. The van der Waals surface area contributed by atoms with Gasteiger partial charge in [0.2, 0.25) is 5.95 Å². The Bertz CT molecular complexity index is 590. The van der Waals surface area contributed by atoms with E-state index >= 15 is 0 Å². The lowest BCUT2D eigenvalue weighted by Crippen LogP contribution is -2.00. The van der Waals surface area contributed by atoms with Crippen molar-refractivity contribution in [3.05, 3.63) is 48.8 Å². The number of fused-ring (bicyclic) bond motifs is 1. The highest BCUT2D eigenvalue weighted by molar-refractivity contribution is 5.77. The van der Waals surface area contributed by atoms with E-state index in [0.29, 0.717) is 0 Å². The van der Waals surface area contributed by atoms with Crippen molar-refractivity contribution in [2.24, 2.45) is 7.05 Å². The number of imidazole rings is 1. The third-order valence-electron chi connectivity index (χ3n) is 2.60. The molecule has 3 rings (SSSR count). The van der Waals surface area contributed by atoms with Crippen molar-refractivity contribution >= 4 is 11.0 Å². The molecule has 0 N–H and O–H groups in total. The number of benzene rings is 1. The Kier molecular flexibility index (Phi) is 1.65. The van der Waals surface area contributed by atoms with Gasteiger partial charge in [-0.05, 0) is 24.3 Å². The molecule has 0 radical (unpaired) electrons. The first-order valence-electron chi connectivity index (χ1n) is 4.91. The molecule has 0 saturated heterocycles. The van der Waals surface area contributed by atoms with E-state index in [0.717, 1.165) is 17.0 Å². The van der Waals surface area contributed by atoms with Crippen molar-refractivity contribution in [3.63, 3.8) is 0 Å². The van der Waals surface area contributed by atoms with Crippen molar-refractivity contribution < 1.29 is 0 Å². The average Bonchev–Trinajstić information content (AvgIpc) is 2.87. The Morgan fingerprint density at radius 1 is 1.00 bits per heavy atom. The highest BCUT2D eigenvalue weighted by Gasteiger charge is 2.06. The lowest BCUT2D eigenvalue weighted by atomic mass is 10.3. The Balaban J connectivity index is 2.33. The highest BCUT2D eigenvalue weighted by Crippen LogP contribution is 2.16. The fourth-order valence-corrected chi connectivity index (χ4v) is 1.83. The van der Waals surface area contributed by atoms with Crippen molar-refractivity contribution in [2.45, 2.75) is 0 Å². The first kappa shape index (κ1) is 8.29. The van der Waals surface area contributed by atoms with Crippen LogP contribution in [0.5, 0.6) is 0 Å². The molecule has 0 bridgehead atoms. The molecule has 2 aromatic heterocycles. The zero-order chi connectivity index (χ0) is 10.3. The van der Waals surface area contributed by atoms with Gasteiger partial charge in [-0.25, -0.2) is 4.98 Å². The molecule has 2 heterocycles. The lowest BCUT2D eigenvalue weighted by molar-refractivity contribution is 0.841. The molecule has 0 spiro atoms. The second-order valence-electron chi connectivity index (χ2n) is 3.55. The van der Waals surface area contributed by atoms with Crippen LogP contribution in [0, 0.1) is 0 Å². The molecule has 74 valence electrons. The van der Waals surface area contributed by atoms with Gasteiger partial charge >= 0.3 is 0 Å². The van der Waals surface area contributed by atoms with Gasteiger partial charge in [-0.2, -0.15) is 0 Å². The quantitative estimate of drug-likeness (QED) is 0.587. The standard InChI is InChI=1S/C12H11N3/c1-14-11-7-3-2-6-10(11)13-12(14)15-8-4-5-9-15/h2-9H,1H3. The van der Waals surface area contributed by atoms with Gasteiger partial charge < -0.3 is 4.57 Å². The van der Waals surface area contributed by atoms with Crippen molar-refractivity contribution in [1.82, 2.24) is 14.1 Å². The number of hydrogen-bond acceptors (Lipinski definition) is 1. The van der Waals surface area contributed by atoms with Crippen LogP contribution in [-0.4, -0.2) is 14.1 Å². The first-order chi connectivity index (χ1) is 7.36. The third kappa shape index (κ3) is 1.16. The first-order valence-corrected chi connectivity index (χ1v) is 4.91. The zero-order valence-electron chi connectivity index (χ0n) is 8.46. The molecule has 15 heavy (non-hydrogen) atoms. The van der Waals surface area contributed by atoms with Gasteiger partial charge in [0.15, 0.2) is 0 Å². The molecule has 0 unspecified atom stereocenters. The number of rotatable bonds is 1. The predicted octanol–water partition coefficient (Wildman–Crippen LogP) is 2.36. The summed E-state index contributed by atoms with van der Waals surface area (Å²) in [7, 11) is 2.03. The fourth-order valence-electron chi connectivity index (χ4n) is 1.83. The number of aromatic nitrogens is 3. The fraction of sp³-hybridized carbons (Fsp3) is 0.0833. The van der Waals surface area contributed by atoms with Gasteiger partial charge in [0.05, 0.1) is 11.0 Å². The van der Waals surface area contributed by atoms with E-state index in [4.69, 9.17) is 0 Å². The monoisotopic (exact) mass is 197 g/mol. The van der Waals surface area contributed by atoms with E-state index in [1.807, 2.05) is 54.3 Å². The summed E-state index contributed by atoms with van der Waals surface area (Å²) in [5, 5.41) is 0. The van der Waals surface area contributed by atoms with Gasteiger partial charge in [-0.3, -0.25) is 4.57 Å². The van der Waals surface area contributed by atoms with Crippen molar-refractivity contribution in [3.8, 4) is 5.95 Å². The third-order valence-corrected chi connectivity index (χ3v) is 2.60. The maximum absolute atomic E-state index is 4.58. The molecule has 3 nitrogen and oxygen atoms in total. The van der Waals surface area contributed by atoms with Crippen LogP contribution in [0.2, 0.25) is 0 Å². The van der Waals surface area contributed by atoms with Gasteiger partial charge in [0.25, 0.3) is 0 Å². The summed E-state index contributed by atoms with van der Waals surface area (Å²) in [5.74, 6) is 0.946. The second kappa shape index (κ2) is 2.98. The number of hydrogen-bond donors (Lipinski definition) is 0. The highest BCUT2D eigenvalue weighted by atomic mass is 15.2. The van der Waals surface area contributed by atoms with E-state index in [9.17, 15) is 0 Å². The molecule has 0 fully saturated rings. The summed E-state index contributed by atoms with van der Waals surface area (Å²) >= 11 is 0. The van der Waals surface area contributed by atoms with Crippen LogP contribution < -0.4 is 0 Å². The topological polar surface area (TPSA) is 22.8 Å². The molecule has 3 heteroatoms. The maximum atomic E-state index is 4.58. The Labute approximate surface area is 87.6 Å². The van der Waals surface area contributed by atoms with Crippen LogP contribution in [0.4, 0.5) is 0 Å². The summed E-state index contributed by atoms with van der Waals surface area (Å²) in [6.07, 6.45) is 4.00. The molecule has 0 aliphatic rings. The van der Waals surface area contributed by atoms with E-state index in [-0.39, 0.29) is 0 Å². The minimum Gasteiger partial charge on any atom is -0.313 e. The lowest BCUT2D eigenvalue weighted by Gasteiger charge is -2.01. The van der Waals surface area contributed by atoms with E-state index in [1.54, 1.807) is 0 Å². The predicted molar refractivity (Wildman–Crippen MR) is 60.0 cm³/mol. The number of aryl methyl sites for hydroxylation is 1.